The minimum atomic E-state index is -0.0521. The van der Waals surface area contributed by atoms with Gasteiger partial charge >= 0.3 is 0 Å². The molecular weight excluding hydrogens is 186 g/mol. The number of rotatable bonds is 1. The summed E-state index contributed by atoms with van der Waals surface area (Å²) < 4.78 is 0. The van der Waals surface area contributed by atoms with Crippen molar-refractivity contribution in [3.63, 3.8) is 0 Å². The van der Waals surface area contributed by atoms with Gasteiger partial charge in [0, 0.05) is 12.6 Å². The average Bonchev–Trinajstić information content (AvgIpc) is 2.69. The van der Waals surface area contributed by atoms with Crippen LogP contribution in [0.5, 0.6) is 0 Å². The minimum Gasteiger partial charge on any atom is -0.391 e. The Labute approximate surface area is 93.7 Å². The van der Waals surface area contributed by atoms with Crippen LogP contribution in [0.1, 0.15) is 46.5 Å². The van der Waals surface area contributed by atoms with Gasteiger partial charge in [0.25, 0.3) is 0 Å². The van der Waals surface area contributed by atoms with Gasteiger partial charge in [-0.1, -0.05) is 20.8 Å². The van der Waals surface area contributed by atoms with Crippen LogP contribution in [0.15, 0.2) is 0 Å². The van der Waals surface area contributed by atoms with E-state index in [2.05, 4.69) is 25.7 Å². The second kappa shape index (κ2) is 4.06. The fourth-order valence-electron chi connectivity index (χ4n) is 3.14. The Morgan fingerprint density at radius 3 is 2.33 bits per heavy atom. The quantitative estimate of drug-likeness (QED) is 0.719. The van der Waals surface area contributed by atoms with Crippen LogP contribution in [0.2, 0.25) is 0 Å². The SMILES string of the molecule is CC(C)(C)C1CCN([C@@H]2CCC[C@H]2O)C1. The van der Waals surface area contributed by atoms with Crippen molar-refractivity contribution in [2.75, 3.05) is 13.1 Å². The lowest BCUT2D eigenvalue weighted by molar-refractivity contribution is 0.0784. The average molecular weight is 211 g/mol. The van der Waals surface area contributed by atoms with E-state index < -0.39 is 0 Å². The van der Waals surface area contributed by atoms with Gasteiger partial charge in [-0.3, -0.25) is 4.90 Å². The lowest BCUT2D eigenvalue weighted by Crippen LogP contribution is -2.39. The van der Waals surface area contributed by atoms with Crippen LogP contribution in [0.25, 0.3) is 0 Å². The van der Waals surface area contributed by atoms with E-state index in [-0.39, 0.29) is 6.10 Å². The van der Waals surface area contributed by atoms with Crippen molar-refractivity contribution in [1.29, 1.82) is 0 Å². The van der Waals surface area contributed by atoms with Gasteiger partial charge in [0.2, 0.25) is 0 Å². The van der Waals surface area contributed by atoms with Crippen LogP contribution < -0.4 is 0 Å². The van der Waals surface area contributed by atoms with Crippen molar-refractivity contribution in [1.82, 2.24) is 4.90 Å². The van der Waals surface area contributed by atoms with E-state index in [0.29, 0.717) is 11.5 Å². The summed E-state index contributed by atoms with van der Waals surface area (Å²) in [4.78, 5) is 2.54. The molecule has 1 aliphatic carbocycles. The molecule has 0 aromatic heterocycles. The second-order valence-electron chi connectivity index (χ2n) is 6.41. The van der Waals surface area contributed by atoms with Gasteiger partial charge in [-0.2, -0.15) is 0 Å². The van der Waals surface area contributed by atoms with Crippen LogP contribution in [0.4, 0.5) is 0 Å². The van der Waals surface area contributed by atoms with Crippen LogP contribution in [0, 0.1) is 11.3 Å². The Morgan fingerprint density at radius 1 is 1.13 bits per heavy atom. The van der Waals surface area contributed by atoms with Crippen molar-refractivity contribution in [2.45, 2.75) is 58.6 Å². The van der Waals surface area contributed by atoms with Crippen LogP contribution in [-0.4, -0.2) is 35.2 Å². The van der Waals surface area contributed by atoms with Gasteiger partial charge in [0.05, 0.1) is 6.10 Å². The highest BCUT2D eigenvalue weighted by Crippen LogP contribution is 2.36. The Hall–Kier alpha value is -0.0800. The van der Waals surface area contributed by atoms with Gasteiger partial charge in [0.15, 0.2) is 0 Å². The molecule has 1 unspecified atom stereocenters. The zero-order valence-electron chi connectivity index (χ0n) is 10.4. The zero-order chi connectivity index (χ0) is 11.1. The summed E-state index contributed by atoms with van der Waals surface area (Å²) in [5.41, 5.74) is 0.429. The van der Waals surface area contributed by atoms with Crippen molar-refractivity contribution in [2.24, 2.45) is 11.3 Å². The van der Waals surface area contributed by atoms with E-state index in [1.807, 2.05) is 0 Å². The first-order chi connectivity index (χ1) is 6.98. The van der Waals surface area contributed by atoms with E-state index in [4.69, 9.17) is 0 Å². The third-order valence-corrected chi connectivity index (χ3v) is 4.36. The molecule has 0 amide bonds. The number of hydrogen-bond donors (Lipinski definition) is 1. The summed E-state index contributed by atoms with van der Waals surface area (Å²) in [5, 5.41) is 9.90. The van der Waals surface area contributed by atoms with Crippen LogP contribution >= 0.6 is 0 Å². The highest BCUT2D eigenvalue weighted by molar-refractivity contribution is 4.92. The first-order valence-electron chi connectivity index (χ1n) is 6.40. The van der Waals surface area contributed by atoms with Crippen molar-refractivity contribution in [3.05, 3.63) is 0 Å². The van der Waals surface area contributed by atoms with E-state index >= 15 is 0 Å². The molecule has 1 saturated carbocycles. The molecule has 2 aliphatic rings. The molecule has 0 bridgehead atoms. The summed E-state index contributed by atoms with van der Waals surface area (Å²) in [5.74, 6) is 0.810. The lowest BCUT2D eigenvalue weighted by Gasteiger charge is -2.30. The summed E-state index contributed by atoms with van der Waals surface area (Å²) in [6, 6.07) is 0.470. The van der Waals surface area contributed by atoms with Crippen LogP contribution in [0.3, 0.4) is 0 Å². The normalized spacial score (nSPS) is 38.8. The molecule has 2 heteroatoms. The van der Waals surface area contributed by atoms with E-state index in [1.54, 1.807) is 0 Å². The Balaban J connectivity index is 1.92. The highest BCUT2D eigenvalue weighted by Gasteiger charge is 2.38. The van der Waals surface area contributed by atoms with Gasteiger partial charge in [-0.05, 0) is 43.6 Å². The standard InChI is InChI=1S/C13H25NO/c1-13(2,3)10-7-8-14(9-10)11-5-4-6-12(11)15/h10-12,15H,4-9H2,1-3H3/t10?,11-,12-/m1/s1. The van der Waals surface area contributed by atoms with Gasteiger partial charge in [-0.15, -0.1) is 0 Å². The first-order valence-corrected chi connectivity index (χ1v) is 6.40. The maximum Gasteiger partial charge on any atom is 0.0695 e. The third-order valence-electron chi connectivity index (χ3n) is 4.36. The molecule has 0 aromatic rings. The summed E-state index contributed by atoms with van der Waals surface area (Å²) in [6.45, 7) is 9.42. The lowest BCUT2D eigenvalue weighted by atomic mass is 9.80. The molecule has 2 nitrogen and oxygen atoms in total. The molecule has 1 heterocycles. The van der Waals surface area contributed by atoms with Gasteiger partial charge in [0.1, 0.15) is 0 Å². The third kappa shape index (κ3) is 2.36. The Bertz CT molecular complexity index is 221. The molecule has 15 heavy (non-hydrogen) atoms. The number of hydrogen-bond acceptors (Lipinski definition) is 2. The Kier molecular flexibility index (Phi) is 3.09. The molecule has 1 aliphatic heterocycles. The largest absolute Gasteiger partial charge is 0.391 e. The molecule has 1 saturated heterocycles. The molecule has 88 valence electrons. The minimum absolute atomic E-state index is 0.0521. The fourth-order valence-corrected chi connectivity index (χ4v) is 3.14. The fraction of sp³-hybridized carbons (Fsp3) is 1.00. The summed E-state index contributed by atoms with van der Waals surface area (Å²) in [7, 11) is 0. The van der Waals surface area contributed by atoms with E-state index in [0.717, 1.165) is 12.3 Å². The number of aliphatic hydroxyl groups is 1. The Morgan fingerprint density at radius 2 is 1.87 bits per heavy atom. The first kappa shape index (κ1) is 11.4. The molecule has 0 aromatic carbocycles. The molecule has 2 rings (SSSR count). The molecular formula is C13H25NO. The van der Waals surface area contributed by atoms with Crippen molar-refractivity contribution < 1.29 is 5.11 Å². The van der Waals surface area contributed by atoms with Crippen LogP contribution in [-0.2, 0) is 0 Å². The number of likely N-dealkylation sites (tertiary alicyclic amines) is 1. The predicted octanol–water partition coefficient (Wildman–Crippen LogP) is 2.27. The molecule has 0 spiro atoms. The summed E-state index contributed by atoms with van der Waals surface area (Å²) in [6.07, 6.45) is 4.69. The monoisotopic (exact) mass is 211 g/mol. The van der Waals surface area contributed by atoms with Gasteiger partial charge in [-0.25, -0.2) is 0 Å². The number of aliphatic hydroxyl groups excluding tert-OH is 1. The highest BCUT2D eigenvalue weighted by atomic mass is 16.3. The van der Waals surface area contributed by atoms with E-state index in [1.165, 1.54) is 32.4 Å². The van der Waals surface area contributed by atoms with E-state index in [9.17, 15) is 5.11 Å². The zero-order valence-corrected chi connectivity index (χ0v) is 10.4. The second-order valence-corrected chi connectivity index (χ2v) is 6.41. The predicted molar refractivity (Wildman–Crippen MR) is 62.8 cm³/mol. The molecule has 2 fully saturated rings. The summed E-state index contributed by atoms with van der Waals surface area (Å²) >= 11 is 0. The topological polar surface area (TPSA) is 23.5 Å². The molecule has 0 radical (unpaired) electrons. The maximum absolute atomic E-state index is 9.90. The smallest absolute Gasteiger partial charge is 0.0695 e. The molecule has 3 atom stereocenters. The molecule has 1 N–H and O–H groups in total. The van der Waals surface area contributed by atoms with Crippen molar-refractivity contribution >= 4 is 0 Å². The van der Waals surface area contributed by atoms with Gasteiger partial charge < -0.3 is 5.11 Å². The van der Waals surface area contributed by atoms with Crippen molar-refractivity contribution in [3.8, 4) is 0 Å². The maximum atomic E-state index is 9.90. The number of nitrogens with zero attached hydrogens (tertiary/aromatic N) is 1.